The lowest BCUT2D eigenvalue weighted by molar-refractivity contribution is -0.147. The molecule has 6 unspecified atom stereocenters. The molecule has 4 nitrogen and oxygen atoms in total. The summed E-state index contributed by atoms with van der Waals surface area (Å²) in [5.41, 5.74) is 0. The highest BCUT2D eigenvalue weighted by atomic mass is 16.7. The maximum atomic E-state index is 11.8. The van der Waals surface area contributed by atoms with Crippen molar-refractivity contribution in [2.75, 3.05) is 20.0 Å². The number of ether oxygens (including phenoxy) is 3. The van der Waals surface area contributed by atoms with Gasteiger partial charge in [-0.15, -0.1) is 0 Å². The first kappa shape index (κ1) is 14.3. The molecule has 0 aromatic rings. The van der Waals surface area contributed by atoms with Crippen LogP contribution in [-0.2, 0) is 19.0 Å². The summed E-state index contributed by atoms with van der Waals surface area (Å²) in [5.74, 6) is 4.12. The molecule has 3 rings (SSSR count). The second-order valence-electron chi connectivity index (χ2n) is 6.87. The summed E-state index contributed by atoms with van der Waals surface area (Å²) >= 11 is 0. The number of fused-ring (bicyclic) bond motifs is 2. The number of carbonyl (C=O) groups excluding carboxylic acids is 1. The van der Waals surface area contributed by atoms with Crippen molar-refractivity contribution in [1.82, 2.24) is 0 Å². The fourth-order valence-electron chi connectivity index (χ4n) is 4.46. The molecule has 0 N–H and O–H groups in total. The zero-order chi connectivity index (χ0) is 14.1. The third-order valence-corrected chi connectivity index (χ3v) is 5.87. The second kappa shape index (κ2) is 6.02. The Morgan fingerprint density at radius 2 is 2.10 bits per heavy atom. The Morgan fingerprint density at radius 1 is 1.25 bits per heavy atom. The fraction of sp³-hybridized carbons (Fsp3) is 0.938. The number of hydrogen-bond acceptors (Lipinski definition) is 4. The van der Waals surface area contributed by atoms with Gasteiger partial charge in [-0.1, -0.05) is 13.8 Å². The van der Waals surface area contributed by atoms with Crippen LogP contribution in [0.25, 0.3) is 0 Å². The standard InChI is InChI=1S/C16H26O4/c1-10-11(2)15-6-13(10)5-12(15)3-4-16(17)19-8-14-7-18-9-20-14/h10-15H,3-9H2,1-2H3. The maximum Gasteiger partial charge on any atom is 0.305 e. The van der Waals surface area contributed by atoms with Gasteiger partial charge in [0.2, 0.25) is 0 Å². The van der Waals surface area contributed by atoms with Gasteiger partial charge in [0.15, 0.2) is 0 Å². The summed E-state index contributed by atoms with van der Waals surface area (Å²) in [4.78, 5) is 11.8. The van der Waals surface area contributed by atoms with E-state index in [2.05, 4.69) is 13.8 Å². The molecule has 4 heteroatoms. The van der Waals surface area contributed by atoms with Crippen molar-refractivity contribution in [3.05, 3.63) is 0 Å². The van der Waals surface area contributed by atoms with Crippen LogP contribution in [0.1, 0.15) is 39.5 Å². The van der Waals surface area contributed by atoms with Crippen molar-refractivity contribution in [3.8, 4) is 0 Å². The van der Waals surface area contributed by atoms with Gasteiger partial charge >= 0.3 is 5.97 Å². The number of esters is 1. The van der Waals surface area contributed by atoms with Crippen LogP contribution in [0.4, 0.5) is 0 Å². The Morgan fingerprint density at radius 3 is 2.75 bits per heavy atom. The van der Waals surface area contributed by atoms with E-state index < -0.39 is 0 Å². The topological polar surface area (TPSA) is 44.8 Å². The van der Waals surface area contributed by atoms with Crippen LogP contribution in [0.15, 0.2) is 0 Å². The van der Waals surface area contributed by atoms with Crippen molar-refractivity contribution in [2.45, 2.75) is 45.6 Å². The summed E-state index contributed by atoms with van der Waals surface area (Å²) in [5, 5.41) is 0. The molecule has 1 saturated heterocycles. The number of carbonyl (C=O) groups is 1. The average Bonchev–Trinajstić information content (AvgIpc) is 3.14. The molecular formula is C16H26O4. The van der Waals surface area contributed by atoms with Crippen molar-refractivity contribution in [1.29, 1.82) is 0 Å². The molecule has 0 amide bonds. The molecule has 0 aromatic heterocycles. The highest BCUT2D eigenvalue weighted by molar-refractivity contribution is 5.69. The quantitative estimate of drug-likeness (QED) is 0.727. The summed E-state index contributed by atoms with van der Waals surface area (Å²) in [6.07, 6.45) is 4.20. The van der Waals surface area contributed by atoms with Gasteiger partial charge in [-0.25, -0.2) is 0 Å². The van der Waals surface area contributed by atoms with E-state index in [1.54, 1.807) is 0 Å². The monoisotopic (exact) mass is 282 g/mol. The van der Waals surface area contributed by atoms with E-state index in [1.165, 1.54) is 12.8 Å². The summed E-state index contributed by atoms with van der Waals surface area (Å²) < 4.78 is 15.6. The van der Waals surface area contributed by atoms with E-state index in [4.69, 9.17) is 14.2 Å². The van der Waals surface area contributed by atoms with Gasteiger partial charge in [-0.05, 0) is 48.9 Å². The summed E-state index contributed by atoms with van der Waals surface area (Å²) in [7, 11) is 0. The van der Waals surface area contributed by atoms with Gasteiger partial charge in [-0.2, -0.15) is 0 Å². The van der Waals surface area contributed by atoms with Crippen molar-refractivity contribution in [2.24, 2.45) is 29.6 Å². The molecular weight excluding hydrogens is 256 g/mol. The van der Waals surface area contributed by atoms with Crippen LogP contribution < -0.4 is 0 Å². The molecule has 2 saturated carbocycles. The lowest BCUT2D eigenvalue weighted by atomic mass is 9.74. The summed E-state index contributed by atoms with van der Waals surface area (Å²) in [6.45, 7) is 5.97. The van der Waals surface area contributed by atoms with Crippen molar-refractivity contribution >= 4 is 5.97 Å². The SMILES string of the molecule is CC1C2CC(CCC(=O)OCC3COCO3)C(C2)C1C. The normalized spacial score (nSPS) is 43.1. The van der Waals surface area contributed by atoms with Gasteiger partial charge in [-0.3, -0.25) is 4.79 Å². The van der Waals surface area contributed by atoms with E-state index in [-0.39, 0.29) is 12.1 Å². The predicted octanol–water partition coefficient (Wildman–Crippen LogP) is 2.61. The average molecular weight is 282 g/mol. The Kier molecular flexibility index (Phi) is 4.32. The van der Waals surface area contributed by atoms with Crippen LogP contribution in [-0.4, -0.2) is 32.1 Å². The minimum absolute atomic E-state index is 0.0673. The van der Waals surface area contributed by atoms with Crippen LogP contribution >= 0.6 is 0 Å². The van der Waals surface area contributed by atoms with E-state index in [0.29, 0.717) is 26.4 Å². The third kappa shape index (κ3) is 2.86. The first-order chi connectivity index (χ1) is 9.65. The van der Waals surface area contributed by atoms with Gasteiger partial charge in [0.05, 0.1) is 6.61 Å². The molecule has 1 aliphatic heterocycles. The van der Waals surface area contributed by atoms with Crippen LogP contribution in [0.3, 0.4) is 0 Å². The van der Waals surface area contributed by atoms with Crippen LogP contribution in [0.2, 0.25) is 0 Å². The Balaban J connectivity index is 1.36. The number of rotatable bonds is 5. The molecule has 20 heavy (non-hydrogen) atoms. The second-order valence-corrected chi connectivity index (χ2v) is 6.87. The largest absolute Gasteiger partial charge is 0.463 e. The molecule has 2 bridgehead atoms. The lowest BCUT2D eigenvalue weighted by Gasteiger charge is -2.31. The van der Waals surface area contributed by atoms with Crippen molar-refractivity contribution < 1.29 is 19.0 Å². The minimum atomic E-state index is -0.0797. The first-order valence-corrected chi connectivity index (χ1v) is 8.00. The van der Waals surface area contributed by atoms with E-state index in [9.17, 15) is 4.79 Å². The van der Waals surface area contributed by atoms with Gasteiger partial charge in [0.1, 0.15) is 19.5 Å². The maximum absolute atomic E-state index is 11.8. The summed E-state index contributed by atoms with van der Waals surface area (Å²) in [6, 6.07) is 0. The highest BCUT2D eigenvalue weighted by Crippen LogP contribution is 2.56. The molecule has 0 aromatic carbocycles. The molecule has 6 atom stereocenters. The first-order valence-electron chi connectivity index (χ1n) is 8.00. The Bertz CT molecular complexity index is 348. The van der Waals surface area contributed by atoms with Crippen molar-refractivity contribution in [3.63, 3.8) is 0 Å². The molecule has 1 heterocycles. The van der Waals surface area contributed by atoms with E-state index in [1.807, 2.05) is 0 Å². The Labute approximate surface area is 121 Å². The van der Waals surface area contributed by atoms with Crippen LogP contribution in [0, 0.1) is 29.6 Å². The molecule has 3 aliphatic rings. The molecule has 0 spiro atoms. The highest BCUT2D eigenvalue weighted by Gasteiger charge is 2.48. The van der Waals surface area contributed by atoms with Crippen LogP contribution in [0.5, 0.6) is 0 Å². The zero-order valence-corrected chi connectivity index (χ0v) is 12.5. The zero-order valence-electron chi connectivity index (χ0n) is 12.5. The van der Waals surface area contributed by atoms with Gasteiger partial charge < -0.3 is 14.2 Å². The van der Waals surface area contributed by atoms with Gasteiger partial charge in [0.25, 0.3) is 0 Å². The lowest BCUT2D eigenvalue weighted by Crippen LogP contribution is -2.25. The predicted molar refractivity (Wildman–Crippen MR) is 73.9 cm³/mol. The third-order valence-electron chi connectivity index (χ3n) is 5.87. The fourth-order valence-corrected chi connectivity index (χ4v) is 4.46. The molecule has 0 radical (unpaired) electrons. The molecule has 114 valence electrons. The molecule has 2 aliphatic carbocycles. The van der Waals surface area contributed by atoms with E-state index >= 15 is 0 Å². The molecule has 3 fully saturated rings. The minimum Gasteiger partial charge on any atom is -0.463 e. The number of hydrogen-bond donors (Lipinski definition) is 0. The smallest absolute Gasteiger partial charge is 0.305 e. The van der Waals surface area contributed by atoms with E-state index in [0.717, 1.165) is 36.0 Å². The van der Waals surface area contributed by atoms with Gasteiger partial charge in [0, 0.05) is 6.42 Å². The Hall–Kier alpha value is -0.610.